The summed E-state index contributed by atoms with van der Waals surface area (Å²) in [5, 5.41) is 6.56. The van der Waals surface area contributed by atoms with Crippen molar-refractivity contribution in [3.63, 3.8) is 0 Å². The standard InChI is InChI=1S/C24H23FN2O2S/c1-12(2)9-13(3)16-6-5-15(11-18(16)25)20-19(27-29)10-14(4)22-21(20)17-7-8-30-23(17)24(28)26-22/h5-8,10-13H,9H2,1-4H3,(H,26,28). The maximum absolute atomic E-state index is 15.1. The van der Waals surface area contributed by atoms with Gasteiger partial charge in [0, 0.05) is 16.3 Å². The Bertz CT molecular complexity index is 1340. The molecular formula is C24H23FN2O2S. The first kappa shape index (κ1) is 20.4. The van der Waals surface area contributed by atoms with Crippen molar-refractivity contribution in [1.82, 2.24) is 4.98 Å². The van der Waals surface area contributed by atoms with Crippen molar-refractivity contribution in [3.8, 4) is 11.1 Å². The Morgan fingerprint density at radius 3 is 2.60 bits per heavy atom. The summed E-state index contributed by atoms with van der Waals surface area (Å²) >= 11 is 1.34. The highest BCUT2D eigenvalue weighted by atomic mass is 32.1. The number of fused-ring (bicyclic) bond motifs is 3. The van der Waals surface area contributed by atoms with Crippen molar-refractivity contribution in [2.45, 2.75) is 40.0 Å². The van der Waals surface area contributed by atoms with Crippen LogP contribution in [0.1, 0.15) is 44.2 Å². The van der Waals surface area contributed by atoms with Crippen molar-refractivity contribution >= 4 is 38.0 Å². The maximum Gasteiger partial charge on any atom is 0.266 e. The Morgan fingerprint density at radius 2 is 1.93 bits per heavy atom. The number of nitroso groups, excluding NO2 is 1. The zero-order valence-electron chi connectivity index (χ0n) is 17.4. The van der Waals surface area contributed by atoms with Gasteiger partial charge in [-0.05, 0) is 70.6 Å². The van der Waals surface area contributed by atoms with Crippen LogP contribution in [0.15, 0.2) is 45.7 Å². The van der Waals surface area contributed by atoms with Gasteiger partial charge in [0.1, 0.15) is 16.2 Å². The third-order valence-electron chi connectivity index (χ3n) is 5.63. The van der Waals surface area contributed by atoms with E-state index in [0.717, 1.165) is 22.8 Å². The average Bonchev–Trinajstić information content (AvgIpc) is 3.18. The van der Waals surface area contributed by atoms with Crippen LogP contribution in [-0.4, -0.2) is 4.98 Å². The molecule has 0 saturated carbocycles. The monoisotopic (exact) mass is 422 g/mol. The van der Waals surface area contributed by atoms with E-state index in [9.17, 15) is 9.70 Å². The van der Waals surface area contributed by atoms with Crippen molar-refractivity contribution in [3.05, 3.63) is 67.9 Å². The SMILES string of the molecule is Cc1cc(N=O)c(-c2ccc(C(C)CC(C)C)c(F)c2)c2c1[nH]c(=O)c1sccc12. The number of nitrogens with zero attached hydrogens (tertiary/aromatic N) is 1. The fourth-order valence-corrected chi connectivity index (χ4v) is 5.16. The summed E-state index contributed by atoms with van der Waals surface area (Å²) in [6.45, 7) is 8.09. The number of hydrogen-bond acceptors (Lipinski definition) is 4. The van der Waals surface area contributed by atoms with Gasteiger partial charge in [0.05, 0.1) is 5.52 Å². The van der Waals surface area contributed by atoms with Crippen LogP contribution in [-0.2, 0) is 0 Å². The molecule has 0 aliphatic carbocycles. The van der Waals surface area contributed by atoms with Crippen molar-refractivity contribution < 1.29 is 4.39 Å². The number of hydrogen-bond donors (Lipinski definition) is 1. The quantitative estimate of drug-likeness (QED) is 0.340. The van der Waals surface area contributed by atoms with E-state index in [0.29, 0.717) is 32.8 Å². The lowest BCUT2D eigenvalue weighted by Crippen LogP contribution is -2.06. The van der Waals surface area contributed by atoms with Gasteiger partial charge in [-0.1, -0.05) is 32.9 Å². The molecule has 4 aromatic rings. The smallest absolute Gasteiger partial charge is 0.266 e. The highest BCUT2D eigenvalue weighted by Gasteiger charge is 2.20. The molecular weight excluding hydrogens is 399 g/mol. The number of rotatable bonds is 5. The van der Waals surface area contributed by atoms with Gasteiger partial charge in [-0.15, -0.1) is 16.2 Å². The van der Waals surface area contributed by atoms with Gasteiger partial charge in [0.25, 0.3) is 5.56 Å². The number of aromatic nitrogens is 1. The lowest BCUT2D eigenvalue weighted by atomic mass is 9.89. The Morgan fingerprint density at radius 1 is 1.17 bits per heavy atom. The zero-order valence-corrected chi connectivity index (χ0v) is 18.2. The molecule has 1 atom stereocenters. The van der Waals surface area contributed by atoms with E-state index in [1.54, 1.807) is 12.1 Å². The molecule has 4 rings (SSSR count). The van der Waals surface area contributed by atoms with E-state index in [1.807, 2.05) is 31.4 Å². The van der Waals surface area contributed by atoms with Gasteiger partial charge < -0.3 is 4.98 Å². The molecule has 1 N–H and O–H groups in total. The molecule has 0 aliphatic heterocycles. The van der Waals surface area contributed by atoms with Gasteiger partial charge in [-0.3, -0.25) is 4.79 Å². The topological polar surface area (TPSA) is 62.3 Å². The summed E-state index contributed by atoms with van der Waals surface area (Å²) in [5.41, 5.74) is 3.25. The number of benzene rings is 2. The Labute approximate surface area is 177 Å². The molecule has 2 heterocycles. The summed E-state index contributed by atoms with van der Waals surface area (Å²) in [6, 6.07) is 8.64. The molecule has 0 amide bonds. The predicted molar refractivity (Wildman–Crippen MR) is 123 cm³/mol. The van der Waals surface area contributed by atoms with Gasteiger partial charge in [0.15, 0.2) is 0 Å². The minimum atomic E-state index is -0.294. The minimum absolute atomic E-state index is 0.0948. The van der Waals surface area contributed by atoms with Crippen molar-refractivity contribution in [2.24, 2.45) is 11.1 Å². The fraction of sp³-hybridized carbons (Fsp3) is 0.292. The first-order chi connectivity index (χ1) is 14.3. The van der Waals surface area contributed by atoms with Crippen LogP contribution in [0.4, 0.5) is 10.1 Å². The fourth-order valence-electron chi connectivity index (χ4n) is 4.36. The number of pyridine rings is 1. The highest BCUT2D eigenvalue weighted by Crippen LogP contribution is 2.42. The molecule has 0 bridgehead atoms. The van der Waals surface area contributed by atoms with Crippen molar-refractivity contribution in [2.75, 3.05) is 0 Å². The second-order valence-electron chi connectivity index (χ2n) is 8.31. The summed E-state index contributed by atoms with van der Waals surface area (Å²) in [5.74, 6) is 0.268. The first-order valence-corrected chi connectivity index (χ1v) is 10.9. The van der Waals surface area contributed by atoms with E-state index in [4.69, 9.17) is 0 Å². The molecule has 0 radical (unpaired) electrons. The van der Waals surface area contributed by atoms with E-state index < -0.39 is 0 Å². The molecule has 0 aliphatic rings. The van der Waals surface area contributed by atoms with Gasteiger partial charge in [-0.25, -0.2) is 4.39 Å². The van der Waals surface area contributed by atoms with Crippen LogP contribution in [0, 0.1) is 23.6 Å². The molecule has 2 aromatic heterocycles. The summed E-state index contributed by atoms with van der Waals surface area (Å²) in [4.78, 5) is 27.1. The van der Waals surface area contributed by atoms with E-state index in [-0.39, 0.29) is 23.0 Å². The lowest BCUT2D eigenvalue weighted by Gasteiger charge is -2.17. The number of thiophene rings is 1. The first-order valence-electron chi connectivity index (χ1n) is 10.0. The van der Waals surface area contributed by atoms with E-state index in [1.165, 1.54) is 17.4 Å². The molecule has 6 heteroatoms. The van der Waals surface area contributed by atoms with Crippen LogP contribution in [0.2, 0.25) is 0 Å². The molecule has 30 heavy (non-hydrogen) atoms. The van der Waals surface area contributed by atoms with Crippen LogP contribution in [0.25, 0.3) is 32.1 Å². The van der Waals surface area contributed by atoms with Crippen LogP contribution >= 0.6 is 11.3 Å². The molecule has 2 aromatic carbocycles. The third kappa shape index (κ3) is 3.35. The second-order valence-corrected chi connectivity index (χ2v) is 9.23. The number of H-pyrrole nitrogens is 1. The summed E-state index contributed by atoms with van der Waals surface area (Å²) in [6.07, 6.45) is 0.891. The third-order valence-corrected chi connectivity index (χ3v) is 6.54. The largest absolute Gasteiger partial charge is 0.320 e. The zero-order chi connectivity index (χ0) is 21.6. The predicted octanol–water partition coefficient (Wildman–Crippen LogP) is 7.40. The van der Waals surface area contributed by atoms with Crippen LogP contribution < -0.4 is 5.56 Å². The maximum atomic E-state index is 15.1. The summed E-state index contributed by atoms with van der Waals surface area (Å²) in [7, 11) is 0. The van der Waals surface area contributed by atoms with Crippen LogP contribution in [0.5, 0.6) is 0 Å². The number of aryl methyl sites for hydroxylation is 1. The molecule has 4 nitrogen and oxygen atoms in total. The van der Waals surface area contributed by atoms with E-state index in [2.05, 4.69) is 24.0 Å². The molecule has 1 unspecified atom stereocenters. The Balaban J connectivity index is 2.02. The molecule has 0 saturated heterocycles. The van der Waals surface area contributed by atoms with Crippen molar-refractivity contribution in [1.29, 1.82) is 0 Å². The number of nitrogens with one attached hydrogen (secondary N) is 1. The van der Waals surface area contributed by atoms with Gasteiger partial charge in [-0.2, -0.15) is 0 Å². The second kappa shape index (κ2) is 7.76. The van der Waals surface area contributed by atoms with Crippen LogP contribution in [0.3, 0.4) is 0 Å². The molecule has 0 spiro atoms. The lowest BCUT2D eigenvalue weighted by molar-refractivity contribution is 0.501. The normalized spacial score (nSPS) is 12.7. The summed E-state index contributed by atoms with van der Waals surface area (Å²) < 4.78 is 15.7. The number of aromatic amines is 1. The molecule has 0 fully saturated rings. The Kier molecular flexibility index (Phi) is 5.28. The number of halogens is 1. The average molecular weight is 423 g/mol. The highest BCUT2D eigenvalue weighted by molar-refractivity contribution is 7.17. The van der Waals surface area contributed by atoms with Gasteiger partial charge >= 0.3 is 0 Å². The van der Waals surface area contributed by atoms with Gasteiger partial charge in [0.2, 0.25) is 0 Å². The van der Waals surface area contributed by atoms with E-state index >= 15 is 4.39 Å². The molecule has 154 valence electrons. The minimum Gasteiger partial charge on any atom is -0.320 e. The Hall–Kier alpha value is -2.86.